The van der Waals surface area contributed by atoms with Gasteiger partial charge in [-0.2, -0.15) is 18.2 Å². The summed E-state index contributed by atoms with van der Waals surface area (Å²) in [6, 6.07) is 13.0. The molecule has 1 aromatic carbocycles. The predicted molar refractivity (Wildman–Crippen MR) is 157 cm³/mol. The Morgan fingerprint density at radius 2 is 1.89 bits per heavy atom. The van der Waals surface area contributed by atoms with Crippen molar-refractivity contribution in [1.29, 1.82) is 0 Å². The number of aryl methyl sites for hydroxylation is 1. The number of benzene rings is 1. The minimum Gasteiger partial charge on any atom is -0.454 e. The van der Waals surface area contributed by atoms with Crippen LogP contribution < -0.4 is 20.9 Å². The molecule has 4 heterocycles. The molecule has 4 aromatic heterocycles. The average Bonchev–Trinajstić information content (AvgIpc) is 3.29. The van der Waals surface area contributed by atoms with E-state index in [0.717, 1.165) is 22.4 Å². The number of carbonyl (C=O) groups excluding carboxylic acids is 1. The highest BCUT2D eigenvalue weighted by Crippen LogP contribution is 2.36. The summed E-state index contributed by atoms with van der Waals surface area (Å²) in [6.07, 6.45) is -1.20. The molecule has 228 valence electrons. The van der Waals surface area contributed by atoms with Crippen LogP contribution in [0.1, 0.15) is 18.1 Å². The Morgan fingerprint density at radius 1 is 1.11 bits per heavy atom. The number of halogens is 4. The van der Waals surface area contributed by atoms with Crippen molar-refractivity contribution in [1.82, 2.24) is 24.1 Å². The second kappa shape index (κ2) is 12.7. The molecule has 5 rings (SSSR count). The number of anilines is 3. The number of hydrogen-bond donors (Lipinski definition) is 2. The van der Waals surface area contributed by atoms with Crippen molar-refractivity contribution in [2.24, 2.45) is 7.05 Å². The third-order valence-corrected chi connectivity index (χ3v) is 6.68. The summed E-state index contributed by atoms with van der Waals surface area (Å²) in [4.78, 5) is 37.2. The fourth-order valence-corrected chi connectivity index (χ4v) is 4.54. The lowest BCUT2D eigenvalue weighted by atomic mass is 10.2. The van der Waals surface area contributed by atoms with Crippen molar-refractivity contribution in [2.45, 2.75) is 26.3 Å². The van der Waals surface area contributed by atoms with E-state index in [-0.39, 0.29) is 59.5 Å². The molecule has 0 unspecified atom stereocenters. The topological polar surface area (TPSA) is 125 Å². The number of rotatable bonds is 10. The van der Waals surface area contributed by atoms with Crippen LogP contribution in [0.2, 0.25) is 5.02 Å². The van der Waals surface area contributed by atoms with E-state index in [0.29, 0.717) is 11.3 Å². The van der Waals surface area contributed by atoms with Crippen molar-refractivity contribution in [3.8, 4) is 11.5 Å². The van der Waals surface area contributed by atoms with Crippen molar-refractivity contribution in [2.75, 3.05) is 17.2 Å². The van der Waals surface area contributed by atoms with E-state index in [1.165, 1.54) is 30.0 Å². The second-order valence-electron chi connectivity index (χ2n) is 9.57. The van der Waals surface area contributed by atoms with Crippen LogP contribution in [0.5, 0.6) is 11.5 Å². The quantitative estimate of drug-likeness (QED) is 0.183. The molecule has 0 aliphatic rings. The maximum atomic E-state index is 13.8. The van der Waals surface area contributed by atoms with E-state index in [9.17, 15) is 22.8 Å². The van der Waals surface area contributed by atoms with Gasteiger partial charge >= 0.3 is 6.18 Å². The Bertz CT molecular complexity index is 1880. The Morgan fingerprint density at radius 3 is 2.61 bits per heavy atom. The molecule has 2 N–H and O–H groups in total. The van der Waals surface area contributed by atoms with Crippen molar-refractivity contribution >= 4 is 46.1 Å². The standard InChI is InChI=1S/C29H25ClF3N7O4/c1-17(41)36-23-13-20(8-9-34-23)44-22-14-35-26-25(24(22)30)39(2)28(38-26)37-21-12-19(29(31,32)33)15-40(27(21)42)10-11-43-16-18-6-4-3-5-7-18/h3-9,12-15H,10-11,16H2,1-2H3,(H,34,36,41)(H,35,37,38). The van der Waals surface area contributed by atoms with Crippen LogP contribution in [0.15, 0.2) is 71.9 Å². The second-order valence-corrected chi connectivity index (χ2v) is 9.94. The van der Waals surface area contributed by atoms with Crippen LogP contribution in [0.25, 0.3) is 11.2 Å². The number of imidazole rings is 1. The lowest BCUT2D eigenvalue weighted by molar-refractivity contribution is -0.138. The number of nitrogens with zero attached hydrogens (tertiary/aromatic N) is 5. The highest BCUT2D eigenvalue weighted by atomic mass is 35.5. The molecule has 0 bridgehead atoms. The van der Waals surface area contributed by atoms with E-state index in [1.54, 1.807) is 13.1 Å². The van der Waals surface area contributed by atoms with Gasteiger partial charge in [-0.3, -0.25) is 9.59 Å². The molecule has 0 atom stereocenters. The molecule has 0 spiro atoms. The van der Waals surface area contributed by atoms with Gasteiger partial charge in [0.1, 0.15) is 27.8 Å². The van der Waals surface area contributed by atoms with Gasteiger partial charge < -0.3 is 29.2 Å². The molecule has 1 amide bonds. The van der Waals surface area contributed by atoms with E-state index >= 15 is 0 Å². The van der Waals surface area contributed by atoms with Gasteiger partial charge in [-0.15, -0.1) is 0 Å². The number of carbonyl (C=O) groups is 1. The van der Waals surface area contributed by atoms with Crippen molar-refractivity contribution < 1.29 is 27.4 Å². The molecule has 0 saturated carbocycles. The maximum Gasteiger partial charge on any atom is 0.417 e. The first kappa shape index (κ1) is 30.5. The number of pyridine rings is 3. The van der Waals surface area contributed by atoms with Crippen molar-refractivity contribution in [3.05, 3.63) is 93.6 Å². The fraction of sp³-hybridized carbons (Fsp3) is 0.207. The lowest BCUT2D eigenvalue weighted by Crippen LogP contribution is -2.26. The monoisotopic (exact) mass is 627 g/mol. The summed E-state index contributed by atoms with van der Waals surface area (Å²) in [5.74, 6) is 0.429. The smallest absolute Gasteiger partial charge is 0.417 e. The molecule has 15 heteroatoms. The molecular formula is C29H25ClF3N7O4. The zero-order chi connectivity index (χ0) is 31.4. The van der Waals surface area contributed by atoms with E-state index < -0.39 is 17.3 Å². The third-order valence-electron chi connectivity index (χ3n) is 6.32. The summed E-state index contributed by atoms with van der Waals surface area (Å²) in [5.41, 5.74) is -0.735. The molecule has 0 saturated heterocycles. The summed E-state index contributed by atoms with van der Waals surface area (Å²) in [5, 5.41) is 5.36. The molecule has 0 fully saturated rings. The Hall–Kier alpha value is -4.95. The number of ether oxygens (including phenoxy) is 2. The molecular weight excluding hydrogens is 603 g/mol. The minimum atomic E-state index is -4.72. The fourth-order valence-electron chi connectivity index (χ4n) is 4.24. The highest BCUT2D eigenvalue weighted by molar-refractivity contribution is 6.36. The van der Waals surface area contributed by atoms with Crippen LogP contribution in [0.3, 0.4) is 0 Å². The van der Waals surface area contributed by atoms with Gasteiger partial charge in [0, 0.05) is 39.0 Å². The van der Waals surface area contributed by atoms with Gasteiger partial charge in [0.05, 0.1) is 25.0 Å². The minimum absolute atomic E-state index is 0.00787. The lowest BCUT2D eigenvalue weighted by Gasteiger charge is -2.15. The number of aromatic nitrogens is 5. The zero-order valence-corrected chi connectivity index (χ0v) is 24.1. The van der Waals surface area contributed by atoms with Crippen LogP contribution in [-0.2, 0) is 35.9 Å². The summed E-state index contributed by atoms with van der Waals surface area (Å²) in [7, 11) is 1.56. The molecule has 0 aliphatic carbocycles. The number of amides is 1. The van der Waals surface area contributed by atoms with Gasteiger partial charge in [0.25, 0.3) is 5.56 Å². The first-order valence-corrected chi connectivity index (χ1v) is 13.5. The van der Waals surface area contributed by atoms with Gasteiger partial charge in [-0.05, 0) is 17.7 Å². The van der Waals surface area contributed by atoms with Gasteiger partial charge in [-0.1, -0.05) is 41.9 Å². The van der Waals surface area contributed by atoms with Crippen LogP contribution in [0.4, 0.5) is 30.6 Å². The maximum absolute atomic E-state index is 13.8. The Balaban J connectivity index is 1.40. The van der Waals surface area contributed by atoms with Gasteiger partial charge in [0.2, 0.25) is 11.9 Å². The number of fused-ring (bicyclic) bond motifs is 1. The average molecular weight is 628 g/mol. The number of alkyl halides is 3. The van der Waals surface area contributed by atoms with E-state index in [4.69, 9.17) is 21.1 Å². The number of nitrogens with one attached hydrogen (secondary N) is 2. The van der Waals surface area contributed by atoms with Gasteiger partial charge in [-0.25, -0.2) is 9.97 Å². The third kappa shape index (κ3) is 6.98. The molecule has 44 heavy (non-hydrogen) atoms. The van der Waals surface area contributed by atoms with Crippen LogP contribution in [0, 0.1) is 0 Å². The van der Waals surface area contributed by atoms with Gasteiger partial charge in [0.15, 0.2) is 11.4 Å². The molecule has 0 radical (unpaired) electrons. The zero-order valence-electron chi connectivity index (χ0n) is 23.4. The van der Waals surface area contributed by atoms with E-state index in [2.05, 4.69) is 25.6 Å². The first-order chi connectivity index (χ1) is 21.0. The normalized spacial score (nSPS) is 11.5. The van der Waals surface area contributed by atoms with Crippen LogP contribution in [-0.4, -0.2) is 36.6 Å². The summed E-state index contributed by atoms with van der Waals surface area (Å²) < 4.78 is 55.1. The van der Waals surface area contributed by atoms with Crippen molar-refractivity contribution in [3.63, 3.8) is 0 Å². The number of hydrogen-bond acceptors (Lipinski definition) is 8. The Kier molecular flexibility index (Phi) is 8.83. The summed E-state index contributed by atoms with van der Waals surface area (Å²) in [6.45, 7) is 1.48. The first-order valence-electron chi connectivity index (χ1n) is 13.1. The molecule has 0 aliphatic heterocycles. The van der Waals surface area contributed by atoms with E-state index in [1.807, 2.05) is 30.3 Å². The predicted octanol–water partition coefficient (Wildman–Crippen LogP) is 5.91. The SMILES string of the molecule is CC(=O)Nc1cc(Oc2cnc3nc(Nc4cc(C(F)(F)F)cn(CCOCc5ccccc5)c4=O)n(C)c3c2Cl)ccn1. The summed E-state index contributed by atoms with van der Waals surface area (Å²) >= 11 is 6.63. The Labute approximate surface area is 253 Å². The van der Waals surface area contributed by atoms with Crippen LogP contribution >= 0.6 is 11.6 Å². The largest absolute Gasteiger partial charge is 0.454 e. The molecule has 5 aromatic rings. The molecule has 11 nitrogen and oxygen atoms in total. The highest BCUT2D eigenvalue weighted by Gasteiger charge is 2.32.